The maximum absolute atomic E-state index is 13.0. The molecule has 1 saturated heterocycles. The highest BCUT2D eigenvalue weighted by Crippen LogP contribution is 2.30. The summed E-state index contributed by atoms with van der Waals surface area (Å²) in [6.07, 6.45) is 6.70. The van der Waals surface area contributed by atoms with Crippen LogP contribution in [0.1, 0.15) is 27.9 Å². The fourth-order valence-electron chi connectivity index (χ4n) is 4.16. The Morgan fingerprint density at radius 3 is 2.70 bits per heavy atom. The van der Waals surface area contributed by atoms with Gasteiger partial charge in [0.25, 0.3) is 5.56 Å². The van der Waals surface area contributed by atoms with Crippen LogP contribution in [-0.2, 0) is 11.2 Å². The molecular formula is C23H22N4O3. The number of carbonyl (C=O) groups is 1. The third-order valence-corrected chi connectivity index (χ3v) is 5.72. The van der Waals surface area contributed by atoms with E-state index < -0.39 is 0 Å². The molecule has 2 aliphatic rings. The molecule has 1 atom stereocenters. The van der Waals surface area contributed by atoms with E-state index in [0.717, 1.165) is 11.1 Å². The van der Waals surface area contributed by atoms with Gasteiger partial charge in [0.1, 0.15) is 0 Å². The molecule has 5 rings (SSSR count). The number of hydrogen-bond donors (Lipinski definition) is 1. The summed E-state index contributed by atoms with van der Waals surface area (Å²) < 4.78 is 5.37. The molecule has 3 aromatic rings. The lowest BCUT2D eigenvalue weighted by atomic mass is 9.82. The molecule has 0 saturated carbocycles. The highest BCUT2D eigenvalue weighted by Gasteiger charge is 2.28. The fraction of sp³-hybridized carbons (Fsp3) is 0.304. The first-order chi connectivity index (χ1) is 14.7. The molecule has 1 unspecified atom stereocenters. The lowest BCUT2D eigenvalue weighted by Crippen LogP contribution is -2.38. The van der Waals surface area contributed by atoms with Gasteiger partial charge >= 0.3 is 0 Å². The minimum atomic E-state index is -0.244. The number of Topliss-reactive ketones (excluding diaryl/α,β-unsaturated/α-hetero) is 1. The van der Waals surface area contributed by atoms with Gasteiger partial charge < -0.3 is 9.64 Å². The van der Waals surface area contributed by atoms with E-state index in [2.05, 4.69) is 21.0 Å². The quantitative estimate of drug-likeness (QED) is 0.725. The Labute approximate surface area is 173 Å². The Morgan fingerprint density at radius 2 is 1.90 bits per heavy atom. The molecule has 7 nitrogen and oxygen atoms in total. The van der Waals surface area contributed by atoms with Crippen molar-refractivity contribution in [2.75, 3.05) is 31.2 Å². The second kappa shape index (κ2) is 7.84. The van der Waals surface area contributed by atoms with Crippen molar-refractivity contribution in [3.8, 4) is 0 Å². The maximum Gasteiger partial charge on any atom is 0.262 e. The topological polar surface area (TPSA) is 88.2 Å². The van der Waals surface area contributed by atoms with Crippen LogP contribution in [0.3, 0.4) is 0 Å². The minimum Gasteiger partial charge on any atom is -0.378 e. The zero-order valence-electron chi connectivity index (χ0n) is 16.5. The third-order valence-electron chi connectivity index (χ3n) is 5.72. The third kappa shape index (κ3) is 3.52. The van der Waals surface area contributed by atoms with Gasteiger partial charge in [0.2, 0.25) is 5.95 Å². The smallest absolute Gasteiger partial charge is 0.262 e. The van der Waals surface area contributed by atoms with Gasteiger partial charge in [0.15, 0.2) is 11.4 Å². The van der Waals surface area contributed by atoms with Gasteiger partial charge in [-0.15, -0.1) is 0 Å². The van der Waals surface area contributed by atoms with Crippen molar-refractivity contribution in [2.24, 2.45) is 5.92 Å². The van der Waals surface area contributed by atoms with Crippen LogP contribution in [0.25, 0.3) is 17.1 Å². The largest absolute Gasteiger partial charge is 0.378 e. The summed E-state index contributed by atoms with van der Waals surface area (Å²) in [5.74, 6) is 0.560. The summed E-state index contributed by atoms with van der Waals surface area (Å²) in [5, 5.41) is 0.427. The van der Waals surface area contributed by atoms with Crippen molar-refractivity contribution in [2.45, 2.75) is 12.8 Å². The van der Waals surface area contributed by atoms with Crippen LogP contribution < -0.4 is 10.5 Å². The van der Waals surface area contributed by atoms with Crippen LogP contribution in [0, 0.1) is 5.92 Å². The Balaban J connectivity index is 1.51. The van der Waals surface area contributed by atoms with Crippen LogP contribution in [0.15, 0.2) is 47.4 Å². The van der Waals surface area contributed by atoms with Crippen LogP contribution in [-0.4, -0.2) is 47.0 Å². The Hall–Kier alpha value is -3.32. The van der Waals surface area contributed by atoms with Gasteiger partial charge in [-0.25, -0.2) is 4.98 Å². The number of anilines is 1. The van der Waals surface area contributed by atoms with Crippen molar-refractivity contribution >= 4 is 28.8 Å². The number of benzene rings is 1. The summed E-state index contributed by atoms with van der Waals surface area (Å²) in [5.41, 5.74) is 2.52. The fourth-order valence-corrected chi connectivity index (χ4v) is 4.16. The Bertz CT molecular complexity index is 1180. The number of H-pyrrole nitrogens is 1. The predicted molar refractivity (Wildman–Crippen MR) is 115 cm³/mol. The number of pyridine rings is 1. The van der Waals surface area contributed by atoms with E-state index in [0.29, 0.717) is 61.7 Å². The van der Waals surface area contributed by atoms with Crippen LogP contribution in [0.4, 0.5) is 5.95 Å². The van der Waals surface area contributed by atoms with E-state index in [-0.39, 0.29) is 17.3 Å². The molecule has 2 aromatic heterocycles. The first-order valence-electron chi connectivity index (χ1n) is 10.2. The maximum atomic E-state index is 13.0. The molecule has 1 aliphatic carbocycles. The number of allylic oxidation sites excluding steroid dienone is 1. The average Bonchev–Trinajstić information content (AvgIpc) is 2.78. The second-order valence-corrected chi connectivity index (χ2v) is 7.70. The molecule has 0 radical (unpaired) electrons. The number of ketones is 1. The predicted octanol–water partition coefficient (Wildman–Crippen LogP) is 2.61. The number of rotatable bonds is 3. The van der Waals surface area contributed by atoms with E-state index in [9.17, 15) is 9.59 Å². The number of carbonyl (C=O) groups excluding carboxylic acids is 1. The summed E-state index contributed by atoms with van der Waals surface area (Å²) in [7, 11) is 0. The molecule has 3 heterocycles. The lowest BCUT2D eigenvalue weighted by molar-refractivity contribution is 0.0959. The molecule has 1 N–H and O–H groups in total. The van der Waals surface area contributed by atoms with E-state index in [1.165, 1.54) is 0 Å². The van der Waals surface area contributed by atoms with Crippen molar-refractivity contribution in [1.82, 2.24) is 15.0 Å². The zero-order valence-corrected chi connectivity index (χ0v) is 16.5. The number of nitrogens with one attached hydrogen (secondary N) is 1. The molecule has 30 heavy (non-hydrogen) atoms. The standard InChI is InChI=1S/C23H22N4O3/c28-19-13-16(7-6-15-4-2-1-3-5-15)12-17-18(19)14-24-21-20(17)22(29)26-23(25-21)27-8-10-30-11-9-27/h1-7,14,16H,8-13H2,(H,24,25,26,29)/b7-6+. The van der Waals surface area contributed by atoms with Crippen molar-refractivity contribution in [1.29, 1.82) is 0 Å². The molecule has 0 amide bonds. The minimum absolute atomic E-state index is 0.0185. The number of morpholine rings is 1. The van der Waals surface area contributed by atoms with E-state index in [4.69, 9.17) is 4.74 Å². The van der Waals surface area contributed by atoms with Gasteiger partial charge in [-0.3, -0.25) is 14.6 Å². The number of aromatic nitrogens is 3. The summed E-state index contributed by atoms with van der Waals surface area (Å²) in [6.45, 7) is 2.54. The van der Waals surface area contributed by atoms with Gasteiger partial charge in [0, 0.05) is 31.3 Å². The van der Waals surface area contributed by atoms with Crippen molar-refractivity contribution < 1.29 is 9.53 Å². The summed E-state index contributed by atoms with van der Waals surface area (Å²) in [4.78, 5) is 39.5. The van der Waals surface area contributed by atoms with Gasteiger partial charge in [-0.05, 0) is 23.5 Å². The number of ether oxygens (including phenoxy) is 1. The highest BCUT2D eigenvalue weighted by atomic mass is 16.5. The lowest BCUT2D eigenvalue weighted by Gasteiger charge is -2.27. The molecular weight excluding hydrogens is 380 g/mol. The van der Waals surface area contributed by atoms with Crippen molar-refractivity contribution in [3.63, 3.8) is 0 Å². The van der Waals surface area contributed by atoms with Crippen LogP contribution >= 0.6 is 0 Å². The van der Waals surface area contributed by atoms with Gasteiger partial charge in [-0.1, -0.05) is 42.5 Å². The first-order valence-corrected chi connectivity index (χ1v) is 10.2. The highest BCUT2D eigenvalue weighted by molar-refractivity contribution is 6.02. The number of aromatic amines is 1. The van der Waals surface area contributed by atoms with E-state index in [1.54, 1.807) is 6.20 Å². The van der Waals surface area contributed by atoms with Gasteiger partial charge in [0.05, 0.1) is 18.6 Å². The monoisotopic (exact) mass is 402 g/mol. The van der Waals surface area contributed by atoms with Crippen LogP contribution in [0.2, 0.25) is 0 Å². The summed E-state index contributed by atoms with van der Waals surface area (Å²) >= 11 is 0. The van der Waals surface area contributed by atoms with Gasteiger partial charge in [-0.2, -0.15) is 4.98 Å². The van der Waals surface area contributed by atoms with E-state index >= 15 is 0 Å². The number of hydrogen-bond acceptors (Lipinski definition) is 6. The van der Waals surface area contributed by atoms with Crippen LogP contribution in [0.5, 0.6) is 0 Å². The molecule has 7 heteroatoms. The molecule has 1 aromatic carbocycles. The first kappa shape index (κ1) is 18.7. The normalized spacial score (nSPS) is 19.4. The molecule has 1 aliphatic heterocycles. The molecule has 1 fully saturated rings. The zero-order chi connectivity index (χ0) is 20.5. The number of nitrogens with zero attached hydrogens (tertiary/aromatic N) is 3. The molecule has 152 valence electrons. The average molecular weight is 402 g/mol. The summed E-state index contributed by atoms with van der Waals surface area (Å²) in [6, 6.07) is 9.99. The van der Waals surface area contributed by atoms with Crippen molar-refractivity contribution in [3.05, 3.63) is 69.6 Å². The second-order valence-electron chi connectivity index (χ2n) is 7.70. The molecule has 0 spiro atoms. The Kier molecular flexibility index (Phi) is 4.88. The van der Waals surface area contributed by atoms with E-state index in [1.807, 2.05) is 41.3 Å². The SMILES string of the molecule is O=C1CC(/C=C/c2ccccc2)Cc2c1cnc1nc(N3CCOCC3)[nH]c(=O)c21. The Morgan fingerprint density at radius 1 is 1.10 bits per heavy atom. The number of fused-ring (bicyclic) bond motifs is 3. The molecule has 0 bridgehead atoms.